The summed E-state index contributed by atoms with van der Waals surface area (Å²) >= 11 is 1.36. The van der Waals surface area contributed by atoms with Crippen molar-refractivity contribution >= 4 is 40.9 Å². The molecule has 1 aliphatic heterocycles. The van der Waals surface area contributed by atoms with E-state index in [-0.39, 0.29) is 11.3 Å². The van der Waals surface area contributed by atoms with Crippen LogP contribution in [0, 0.1) is 12.7 Å². The molecule has 1 fully saturated rings. The van der Waals surface area contributed by atoms with Gasteiger partial charge in [-0.1, -0.05) is 12.1 Å². The summed E-state index contributed by atoms with van der Waals surface area (Å²) in [4.78, 5) is 37.9. The summed E-state index contributed by atoms with van der Waals surface area (Å²) in [5.74, 6) is -2.37. The number of amides is 4. The Morgan fingerprint density at radius 3 is 2.57 bits per heavy atom. The van der Waals surface area contributed by atoms with Crippen molar-refractivity contribution in [2.45, 2.75) is 6.92 Å². The fourth-order valence-corrected chi connectivity index (χ4v) is 3.03. The van der Waals surface area contributed by atoms with Gasteiger partial charge in [-0.3, -0.25) is 14.9 Å². The fraction of sp³-hybridized carbons (Fsp3) is 0.0625. The van der Waals surface area contributed by atoms with Gasteiger partial charge in [0.05, 0.1) is 5.69 Å². The Balaban J connectivity index is 2.07. The second-order valence-corrected chi connectivity index (χ2v) is 5.82. The molecule has 3 rings (SSSR count). The number of hydrogen-bond donors (Lipinski definition) is 1. The van der Waals surface area contributed by atoms with Crippen molar-refractivity contribution in [3.63, 3.8) is 0 Å². The lowest BCUT2D eigenvalue weighted by atomic mass is 10.1. The Labute approximate surface area is 135 Å². The molecule has 0 aliphatic carbocycles. The van der Waals surface area contributed by atoms with Crippen LogP contribution in [-0.2, 0) is 9.59 Å². The van der Waals surface area contributed by atoms with Gasteiger partial charge in [0, 0.05) is 4.88 Å². The number of anilines is 1. The zero-order chi connectivity index (χ0) is 16.6. The summed E-state index contributed by atoms with van der Waals surface area (Å²) in [7, 11) is 0. The molecule has 2 heterocycles. The maximum absolute atomic E-state index is 13.9. The van der Waals surface area contributed by atoms with E-state index in [1.165, 1.54) is 35.6 Å². The topological polar surface area (TPSA) is 66.5 Å². The molecule has 0 spiro atoms. The second kappa shape index (κ2) is 5.77. The lowest BCUT2D eigenvalue weighted by molar-refractivity contribution is -0.122. The third kappa shape index (κ3) is 2.66. The minimum Gasteiger partial charge on any atom is -0.273 e. The molecule has 1 saturated heterocycles. The Morgan fingerprint density at radius 2 is 1.91 bits per heavy atom. The maximum atomic E-state index is 13.9. The highest BCUT2D eigenvalue weighted by molar-refractivity contribution is 7.11. The highest BCUT2D eigenvalue weighted by Crippen LogP contribution is 2.26. The summed E-state index contributed by atoms with van der Waals surface area (Å²) in [6.07, 6.45) is 1.41. The molecule has 1 aliphatic rings. The van der Waals surface area contributed by atoms with Gasteiger partial charge in [0.1, 0.15) is 11.4 Å². The van der Waals surface area contributed by atoms with Crippen molar-refractivity contribution in [1.29, 1.82) is 0 Å². The van der Waals surface area contributed by atoms with E-state index >= 15 is 0 Å². The third-order valence-corrected chi connectivity index (χ3v) is 4.34. The number of urea groups is 1. The number of barbiturate groups is 1. The number of hydrogen-bond acceptors (Lipinski definition) is 4. The number of imide groups is 2. The van der Waals surface area contributed by atoms with Crippen LogP contribution in [-0.4, -0.2) is 17.8 Å². The summed E-state index contributed by atoms with van der Waals surface area (Å²) in [5.41, 5.74) is 0.493. The normalized spacial score (nSPS) is 16.9. The average Bonchev–Trinajstić information content (AvgIpc) is 2.90. The van der Waals surface area contributed by atoms with Gasteiger partial charge in [-0.25, -0.2) is 14.1 Å². The molecule has 7 heteroatoms. The smallest absolute Gasteiger partial charge is 0.273 e. The standard InChI is InChI=1S/C16H11FN2O3S/c1-9-6-7-23-13(9)8-10-14(20)18-16(22)19(15(10)21)12-5-3-2-4-11(12)17/h2-8H,1H3,(H,18,20,22). The summed E-state index contributed by atoms with van der Waals surface area (Å²) < 4.78 is 13.9. The van der Waals surface area contributed by atoms with E-state index in [4.69, 9.17) is 0 Å². The Hall–Kier alpha value is -2.80. The molecule has 1 aromatic heterocycles. The van der Waals surface area contributed by atoms with Crippen LogP contribution in [0.4, 0.5) is 14.9 Å². The summed E-state index contributed by atoms with van der Waals surface area (Å²) in [5, 5.41) is 3.89. The highest BCUT2D eigenvalue weighted by atomic mass is 32.1. The average molecular weight is 330 g/mol. The van der Waals surface area contributed by atoms with Crippen LogP contribution in [0.25, 0.3) is 6.08 Å². The number of rotatable bonds is 2. The van der Waals surface area contributed by atoms with Crippen LogP contribution < -0.4 is 10.2 Å². The van der Waals surface area contributed by atoms with Gasteiger partial charge in [-0.15, -0.1) is 11.3 Å². The summed E-state index contributed by atoms with van der Waals surface area (Å²) in [6.45, 7) is 1.84. The van der Waals surface area contributed by atoms with Crippen LogP contribution in [0.5, 0.6) is 0 Å². The predicted octanol–water partition coefficient (Wildman–Crippen LogP) is 2.86. The Kier molecular flexibility index (Phi) is 3.79. The first kappa shape index (κ1) is 15.1. The first-order chi connectivity index (χ1) is 11.0. The SMILES string of the molecule is Cc1ccsc1C=C1C(=O)NC(=O)N(c2ccccc2F)C1=O. The number of para-hydroxylation sites is 1. The van der Waals surface area contributed by atoms with Crippen LogP contribution >= 0.6 is 11.3 Å². The minimum atomic E-state index is -0.967. The number of aryl methyl sites for hydroxylation is 1. The molecule has 0 radical (unpaired) electrons. The van der Waals surface area contributed by atoms with Crippen molar-refractivity contribution in [2.75, 3.05) is 4.90 Å². The number of thiophene rings is 1. The molecule has 2 aromatic rings. The number of nitrogens with one attached hydrogen (secondary N) is 1. The van der Waals surface area contributed by atoms with E-state index in [0.29, 0.717) is 4.90 Å². The van der Waals surface area contributed by atoms with Crippen molar-refractivity contribution in [1.82, 2.24) is 5.32 Å². The van der Waals surface area contributed by atoms with Crippen molar-refractivity contribution in [2.24, 2.45) is 0 Å². The monoisotopic (exact) mass is 330 g/mol. The van der Waals surface area contributed by atoms with E-state index in [1.54, 1.807) is 0 Å². The molecule has 0 atom stereocenters. The lowest BCUT2D eigenvalue weighted by Gasteiger charge is -2.26. The summed E-state index contributed by atoms with van der Waals surface area (Å²) in [6, 6.07) is 6.27. The van der Waals surface area contributed by atoms with Gasteiger partial charge in [0.2, 0.25) is 0 Å². The van der Waals surface area contributed by atoms with Crippen LogP contribution in [0.15, 0.2) is 41.3 Å². The van der Waals surface area contributed by atoms with E-state index in [0.717, 1.165) is 16.5 Å². The van der Waals surface area contributed by atoms with Gasteiger partial charge < -0.3 is 0 Å². The minimum absolute atomic E-state index is 0.198. The molecule has 1 N–H and O–H groups in total. The number of nitrogens with zero attached hydrogens (tertiary/aromatic N) is 1. The molecule has 23 heavy (non-hydrogen) atoms. The lowest BCUT2D eigenvalue weighted by Crippen LogP contribution is -2.54. The Bertz CT molecular complexity index is 857. The molecular formula is C16H11FN2O3S. The first-order valence-electron chi connectivity index (χ1n) is 6.69. The third-order valence-electron chi connectivity index (χ3n) is 3.37. The number of halogens is 1. The van der Waals surface area contributed by atoms with Gasteiger partial charge in [-0.05, 0) is 42.1 Å². The number of carbonyl (C=O) groups is 3. The quantitative estimate of drug-likeness (QED) is 0.680. The fourth-order valence-electron chi connectivity index (χ4n) is 2.17. The van der Waals surface area contributed by atoms with Gasteiger partial charge >= 0.3 is 6.03 Å². The van der Waals surface area contributed by atoms with Gasteiger partial charge in [0.25, 0.3) is 11.8 Å². The molecular weight excluding hydrogens is 319 g/mol. The molecule has 0 bridgehead atoms. The molecule has 116 valence electrons. The molecule has 4 amide bonds. The molecule has 0 saturated carbocycles. The number of carbonyl (C=O) groups excluding carboxylic acids is 3. The van der Waals surface area contributed by atoms with Crippen molar-refractivity contribution in [3.8, 4) is 0 Å². The first-order valence-corrected chi connectivity index (χ1v) is 7.57. The van der Waals surface area contributed by atoms with Crippen molar-refractivity contribution < 1.29 is 18.8 Å². The second-order valence-electron chi connectivity index (χ2n) is 4.88. The van der Waals surface area contributed by atoms with E-state index in [1.807, 2.05) is 18.4 Å². The molecule has 1 aromatic carbocycles. The zero-order valence-electron chi connectivity index (χ0n) is 12.0. The van der Waals surface area contributed by atoms with E-state index < -0.39 is 23.7 Å². The van der Waals surface area contributed by atoms with E-state index in [9.17, 15) is 18.8 Å². The highest BCUT2D eigenvalue weighted by Gasteiger charge is 2.38. The Morgan fingerprint density at radius 1 is 1.17 bits per heavy atom. The predicted molar refractivity (Wildman–Crippen MR) is 84.5 cm³/mol. The van der Waals surface area contributed by atoms with E-state index in [2.05, 4.69) is 5.32 Å². The molecule has 0 unspecified atom stereocenters. The van der Waals surface area contributed by atoms with Crippen LogP contribution in [0.1, 0.15) is 10.4 Å². The van der Waals surface area contributed by atoms with Crippen LogP contribution in [0.3, 0.4) is 0 Å². The zero-order valence-corrected chi connectivity index (χ0v) is 12.8. The largest absolute Gasteiger partial charge is 0.336 e. The molecule has 5 nitrogen and oxygen atoms in total. The van der Waals surface area contributed by atoms with Gasteiger partial charge in [0.15, 0.2) is 0 Å². The maximum Gasteiger partial charge on any atom is 0.336 e. The van der Waals surface area contributed by atoms with Crippen LogP contribution in [0.2, 0.25) is 0 Å². The van der Waals surface area contributed by atoms with Gasteiger partial charge in [-0.2, -0.15) is 0 Å². The van der Waals surface area contributed by atoms with Crippen molar-refractivity contribution in [3.05, 3.63) is 57.5 Å². The number of benzene rings is 1.